The van der Waals surface area contributed by atoms with Crippen molar-refractivity contribution in [1.29, 1.82) is 0 Å². The Kier molecular flexibility index (Phi) is 11.6. The molecule has 9 rings (SSSR count). The monoisotopic (exact) mass is 858 g/mol. The number of H-pyrrole nitrogens is 1. The number of para-hydroxylation sites is 1. The van der Waals surface area contributed by atoms with Gasteiger partial charge in [0.2, 0.25) is 11.8 Å². The molecule has 0 spiro atoms. The summed E-state index contributed by atoms with van der Waals surface area (Å²) in [7, 11) is 0. The molecule has 1 aliphatic carbocycles. The zero-order chi connectivity index (χ0) is 43.2. The summed E-state index contributed by atoms with van der Waals surface area (Å²) in [5, 5.41) is 38.2. The van der Waals surface area contributed by atoms with Crippen LogP contribution in [-0.2, 0) is 9.59 Å². The minimum Gasteiger partial charge on any atom is -0.507 e. The number of carbonyl (C=O) groups excluding carboxylic acids is 2. The summed E-state index contributed by atoms with van der Waals surface area (Å²) in [4.78, 5) is 40.9. The predicted molar refractivity (Wildman–Crippen MR) is 236 cm³/mol. The first-order valence-corrected chi connectivity index (χ1v) is 22.5. The van der Waals surface area contributed by atoms with Crippen molar-refractivity contribution in [1.82, 2.24) is 40.4 Å². The highest BCUT2D eigenvalue weighted by Crippen LogP contribution is 2.47. The molecule has 6 heterocycles. The molecule has 4 N–H and O–H groups in total. The minimum absolute atomic E-state index is 0.0608. The third-order valence-corrected chi connectivity index (χ3v) is 14.3. The van der Waals surface area contributed by atoms with E-state index in [0.29, 0.717) is 47.3 Å². The SMILES string of the molecule is Cc1ncsc1-c1ccc([C@H](C)NC(=O)C2C[C@@H](O)CN2C(=O)[C@@H](c2cc(OCCN3C[C@H]4C[C@@H](c5[nH]c6nnc(-c7ccccc7O)cc6c5C)C[C@H]4C3)no2)C(C)C)cc1. The average Bonchev–Trinajstić information content (AvgIpc) is 4.12. The van der Waals surface area contributed by atoms with E-state index in [1.807, 2.05) is 75.7 Å². The number of nitrogens with zero attached hydrogens (tertiary/aromatic N) is 6. The summed E-state index contributed by atoms with van der Waals surface area (Å²) in [6.07, 6.45) is 1.54. The van der Waals surface area contributed by atoms with Gasteiger partial charge in [-0.15, -0.1) is 21.5 Å². The van der Waals surface area contributed by atoms with E-state index in [0.717, 1.165) is 65.2 Å². The zero-order valence-corrected chi connectivity index (χ0v) is 36.6. The third kappa shape index (κ3) is 8.20. The molecule has 62 heavy (non-hydrogen) atoms. The first-order chi connectivity index (χ1) is 29.9. The molecular weight excluding hydrogens is 805 g/mol. The van der Waals surface area contributed by atoms with Gasteiger partial charge >= 0.3 is 0 Å². The average molecular weight is 859 g/mol. The van der Waals surface area contributed by atoms with Gasteiger partial charge in [-0.1, -0.05) is 50.2 Å². The number of phenols is 1. The Morgan fingerprint density at radius 2 is 1.76 bits per heavy atom. The Balaban J connectivity index is 0.772. The van der Waals surface area contributed by atoms with Gasteiger partial charge in [-0.2, -0.15) is 0 Å². The van der Waals surface area contributed by atoms with Gasteiger partial charge in [0.25, 0.3) is 5.88 Å². The number of aromatic hydroxyl groups is 1. The summed E-state index contributed by atoms with van der Waals surface area (Å²) in [6, 6.07) is 17.8. The molecule has 3 aliphatic rings. The van der Waals surface area contributed by atoms with E-state index >= 15 is 0 Å². The normalized spacial score (nSPS) is 22.4. The van der Waals surface area contributed by atoms with Crippen LogP contribution in [0.1, 0.15) is 86.2 Å². The van der Waals surface area contributed by atoms with E-state index < -0.39 is 18.1 Å². The molecule has 6 aromatic rings. The van der Waals surface area contributed by atoms with E-state index in [1.165, 1.54) is 16.2 Å². The topological polar surface area (TPSA) is 183 Å². The quantitative estimate of drug-likeness (QED) is 0.0927. The van der Waals surface area contributed by atoms with Crippen LogP contribution >= 0.6 is 11.3 Å². The maximum absolute atomic E-state index is 14.2. The van der Waals surface area contributed by atoms with Crippen molar-refractivity contribution in [3.63, 3.8) is 0 Å². The number of amides is 2. The smallest absolute Gasteiger partial charge is 0.254 e. The summed E-state index contributed by atoms with van der Waals surface area (Å²) < 4.78 is 11.8. The highest BCUT2D eigenvalue weighted by Gasteiger charge is 2.44. The van der Waals surface area contributed by atoms with Gasteiger partial charge in [-0.25, -0.2) is 4.98 Å². The van der Waals surface area contributed by atoms with Crippen LogP contribution in [0.3, 0.4) is 0 Å². The number of aliphatic hydroxyl groups excluding tert-OH is 1. The number of nitrogens with one attached hydrogen (secondary N) is 2. The lowest BCUT2D eigenvalue weighted by Gasteiger charge is -2.29. The number of ether oxygens (including phenoxy) is 1. The summed E-state index contributed by atoms with van der Waals surface area (Å²) >= 11 is 1.59. The van der Waals surface area contributed by atoms with Gasteiger partial charge in [0.1, 0.15) is 24.3 Å². The Hall–Kier alpha value is -5.64. The fourth-order valence-electron chi connectivity index (χ4n) is 10.1. The summed E-state index contributed by atoms with van der Waals surface area (Å²) in [5.41, 5.74) is 9.37. The number of aryl methyl sites for hydroxylation is 2. The molecular formula is C47H54N8O6S. The second kappa shape index (κ2) is 17.3. The Morgan fingerprint density at radius 3 is 2.47 bits per heavy atom. The van der Waals surface area contributed by atoms with Gasteiger partial charge in [0.05, 0.1) is 33.9 Å². The molecule has 2 aliphatic heterocycles. The molecule has 14 nitrogen and oxygen atoms in total. The molecule has 1 unspecified atom stereocenters. The first kappa shape index (κ1) is 41.7. The van der Waals surface area contributed by atoms with Gasteiger partial charge < -0.3 is 34.7 Å². The van der Waals surface area contributed by atoms with Gasteiger partial charge in [0.15, 0.2) is 11.4 Å². The van der Waals surface area contributed by atoms with Crippen LogP contribution < -0.4 is 10.1 Å². The molecule has 0 radical (unpaired) electrons. The standard InChI is InChI=1S/C47H54N8O6S/c1-25(2)42(47(59)55-23-34(56)18-38(55)46(58)49-27(4)29-10-12-30(13-11-29)44-28(5)48-24-62-44)40-20-41(53-61-40)60-15-14-54-21-32-16-31(17-33(32)22-54)43-26(3)36-19-37(51-52-45(36)50-43)35-8-6-7-9-39(35)57/h6-13,19-20,24-25,27,31-34,38,42,56-57H,14-18,21-23H2,1-5H3,(H,49,58)(H,50,52)/t27-,31-,32-,33+,34+,38?,42+/m0/s1. The summed E-state index contributed by atoms with van der Waals surface area (Å²) in [5.74, 6) is 1.03. The molecule has 7 atom stereocenters. The Bertz CT molecular complexity index is 2550. The molecule has 0 bridgehead atoms. The fourth-order valence-corrected chi connectivity index (χ4v) is 10.9. The van der Waals surface area contributed by atoms with Crippen molar-refractivity contribution in [2.45, 2.75) is 83.9 Å². The number of thiazole rings is 1. The van der Waals surface area contributed by atoms with Gasteiger partial charge in [0, 0.05) is 55.3 Å². The van der Waals surface area contributed by atoms with E-state index in [1.54, 1.807) is 29.5 Å². The van der Waals surface area contributed by atoms with Crippen LogP contribution in [0.4, 0.5) is 0 Å². The first-order valence-electron chi connectivity index (χ1n) is 21.7. The Morgan fingerprint density at radius 1 is 1.00 bits per heavy atom. The van der Waals surface area contributed by atoms with E-state index in [9.17, 15) is 19.8 Å². The van der Waals surface area contributed by atoms with Gasteiger partial charge in [-0.05, 0) is 97.3 Å². The van der Waals surface area contributed by atoms with Crippen LogP contribution in [-0.4, -0.2) is 102 Å². The molecule has 15 heteroatoms. The van der Waals surface area contributed by atoms with Crippen molar-refractivity contribution in [2.24, 2.45) is 17.8 Å². The van der Waals surface area contributed by atoms with Crippen LogP contribution in [0.25, 0.3) is 32.7 Å². The number of hydrogen-bond acceptors (Lipinski definition) is 12. The van der Waals surface area contributed by atoms with Crippen molar-refractivity contribution < 1.29 is 29.1 Å². The maximum atomic E-state index is 14.2. The maximum Gasteiger partial charge on any atom is 0.254 e. The number of fused-ring (bicyclic) bond motifs is 2. The minimum atomic E-state index is -0.820. The molecule has 4 aromatic heterocycles. The lowest BCUT2D eigenvalue weighted by Crippen LogP contribution is -2.48. The molecule has 2 amide bonds. The number of aromatic amines is 1. The van der Waals surface area contributed by atoms with E-state index in [4.69, 9.17) is 9.26 Å². The van der Waals surface area contributed by atoms with Crippen molar-refractivity contribution >= 4 is 34.2 Å². The van der Waals surface area contributed by atoms with Crippen molar-refractivity contribution in [3.05, 3.63) is 94.4 Å². The number of aromatic nitrogens is 5. The number of phenolic OH excluding ortho intramolecular Hbond substituents is 1. The number of aliphatic hydroxyl groups is 1. The number of β-amino-alcohol motifs (C(OH)–C–C–N with tert-alkyl or cyclic N) is 1. The summed E-state index contributed by atoms with van der Waals surface area (Å²) in [6.45, 7) is 13.2. The molecule has 1 saturated carbocycles. The van der Waals surface area contributed by atoms with Crippen LogP contribution in [0.15, 0.2) is 70.7 Å². The highest BCUT2D eigenvalue weighted by molar-refractivity contribution is 7.13. The van der Waals surface area contributed by atoms with Crippen LogP contribution in [0, 0.1) is 31.6 Å². The zero-order valence-electron chi connectivity index (χ0n) is 35.7. The van der Waals surface area contributed by atoms with Gasteiger partial charge in [-0.3, -0.25) is 14.5 Å². The second-order valence-corrected chi connectivity index (χ2v) is 18.6. The lowest BCUT2D eigenvalue weighted by molar-refractivity contribution is -0.141. The number of rotatable bonds is 13. The lowest BCUT2D eigenvalue weighted by atomic mass is 9.91. The van der Waals surface area contributed by atoms with Crippen LogP contribution in [0.5, 0.6) is 11.6 Å². The number of likely N-dealkylation sites (tertiary alicyclic amines) is 2. The number of carbonyl (C=O) groups is 2. The fraction of sp³-hybridized carbons (Fsp3) is 0.447. The van der Waals surface area contributed by atoms with Crippen LogP contribution in [0.2, 0.25) is 0 Å². The number of hydrogen-bond donors (Lipinski definition) is 4. The molecule has 324 valence electrons. The molecule has 3 fully saturated rings. The van der Waals surface area contributed by atoms with Crippen molar-refractivity contribution in [3.8, 4) is 33.3 Å². The molecule has 2 aromatic carbocycles. The van der Waals surface area contributed by atoms with Crippen molar-refractivity contribution in [2.75, 3.05) is 32.8 Å². The van der Waals surface area contributed by atoms with E-state index in [2.05, 4.69) is 42.5 Å². The molecule has 2 saturated heterocycles. The number of benzene rings is 2. The second-order valence-electron chi connectivity index (χ2n) is 17.8. The largest absolute Gasteiger partial charge is 0.507 e. The van der Waals surface area contributed by atoms with E-state index in [-0.39, 0.29) is 42.5 Å². The third-order valence-electron chi connectivity index (χ3n) is 13.3. The Labute approximate surface area is 364 Å². The predicted octanol–water partition coefficient (Wildman–Crippen LogP) is 7.14. The highest BCUT2D eigenvalue weighted by atomic mass is 32.1.